The largest absolute Gasteiger partial charge is 0.530 e. The molecule has 0 aromatic heterocycles. The van der Waals surface area contributed by atoms with Gasteiger partial charge in [0.15, 0.2) is 0 Å². The highest BCUT2D eigenvalue weighted by atomic mass is 31.2. The van der Waals surface area contributed by atoms with Gasteiger partial charge >= 0.3 is 14.6 Å². The summed E-state index contributed by atoms with van der Waals surface area (Å²) in [6, 6.07) is 15.9. The minimum absolute atomic E-state index is 0.0873. The van der Waals surface area contributed by atoms with E-state index in [0.717, 1.165) is 70.2 Å². The molecule has 0 amide bonds. The Balaban J connectivity index is 1.37. The van der Waals surface area contributed by atoms with Crippen LogP contribution in [0.3, 0.4) is 0 Å². The van der Waals surface area contributed by atoms with E-state index in [9.17, 15) is 20.1 Å². The van der Waals surface area contributed by atoms with Gasteiger partial charge in [0.05, 0.1) is 0 Å². The van der Waals surface area contributed by atoms with Crippen LogP contribution < -0.4 is 18.3 Å². The van der Waals surface area contributed by atoms with Gasteiger partial charge in [0.1, 0.15) is 40.2 Å². The Labute approximate surface area is 508 Å². The molecule has 0 radical (unpaired) electrons. The van der Waals surface area contributed by atoms with Gasteiger partial charge in [0.25, 0.3) is 0 Å². The lowest BCUT2D eigenvalue weighted by Gasteiger charge is -2.31. The van der Waals surface area contributed by atoms with Crippen LogP contribution >= 0.6 is 8.60 Å². The van der Waals surface area contributed by atoms with Crippen molar-refractivity contribution in [3.8, 4) is 40.2 Å². The molecule has 83 heavy (non-hydrogen) atoms. The Morgan fingerprint density at radius 1 is 0.325 bits per heavy atom. The van der Waals surface area contributed by atoms with E-state index in [0.29, 0.717) is 35.2 Å². The third kappa shape index (κ3) is 21.5. The summed E-state index contributed by atoms with van der Waals surface area (Å²) in [5, 5.41) is 34.4. The molecule has 0 aliphatic carbocycles. The van der Waals surface area contributed by atoms with Crippen LogP contribution in [0.1, 0.15) is 319 Å². The summed E-state index contributed by atoms with van der Waals surface area (Å²) in [4.78, 5) is 13.8. The summed E-state index contributed by atoms with van der Waals surface area (Å²) in [6.07, 6.45) is 19.7. The Bertz CT molecular complexity index is 2520. The first kappa shape index (κ1) is 71.1. The van der Waals surface area contributed by atoms with Gasteiger partial charge in [-0.15, -0.1) is 0 Å². The zero-order valence-electron chi connectivity index (χ0n) is 57.0. The average molecular weight is 1170 g/mol. The molecule has 0 aliphatic rings. The molecule has 0 aliphatic heterocycles. The predicted octanol–water partition coefficient (Wildman–Crippen LogP) is 22.3. The third-order valence-electron chi connectivity index (χ3n) is 16.0. The van der Waals surface area contributed by atoms with Crippen LogP contribution in [0.5, 0.6) is 40.2 Å². The molecule has 0 bridgehead atoms. The van der Waals surface area contributed by atoms with Crippen LogP contribution in [0.25, 0.3) is 0 Å². The first-order chi connectivity index (χ1) is 37.9. The van der Waals surface area contributed by atoms with Gasteiger partial charge in [-0.1, -0.05) is 262 Å². The molecule has 0 fully saturated rings. The second kappa shape index (κ2) is 28.4. The molecule has 4 rings (SSSR count). The lowest BCUT2D eigenvalue weighted by Crippen LogP contribution is -2.22. The summed E-state index contributed by atoms with van der Waals surface area (Å²) in [5.41, 5.74) is 5.51. The van der Waals surface area contributed by atoms with Gasteiger partial charge in [-0.25, -0.2) is 0 Å². The van der Waals surface area contributed by atoms with Crippen molar-refractivity contribution in [3.05, 3.63) is 98.6 Å². The fourth-order valence-electron chi connectivity index (χ4n) is 10.8. The maximum absolute atomic E-state index is 13.8. The lowest BCUT2D eigenvalue weighted by molar-refractivity contribution is -0.134. The van der Waals surface area contributed by atoms with Crippen LogP contribution in [-0.4, -0.2) is 21.3 Å². The Hall–Kier alpha value is -4.42. The molecule has 0 saturated heterocycles. The van der Waals surface area contributed by atoms with E-state index in [2.05, 4.69) is 178 Å². The second-order valence-corrected chi connectivity index (χ2v) is 33.4. The van der Waals surface area contributed by atoms with E-state index in [4.69, 9.17) is 18.3 Å². The number of phenolic OH excluding ortho intramolecular Hbond substituents is 3. The Morgan fingerprint density at radius 3 is 0.795 bits per heavy atom. The molecule has 4 aromatic rings. The van der Waals surface area contributed by atoms with E-state index >= 15 is 0 Å². The number of unbranched alkanes of at least 4 members (excludes halogenated alkanes) is 14. The third-order valence-corrected chi connectivity index (χ3v) is 17.0. The number of rotatable bonds is 25. The fourth-order valence-corrected chi connectivity index (χ4v) is 11.8. The molecular formula is C74H117O8P. The summed E-state index contributed by atoms with van der Waals surface area (Å²) in [7, 11) is -2.24. The van der Waals surface area contributed by atoms with Crippen molar-refractivity contribution in [3.63, 3.8) is 0 Å². The standard InChI is InChI=1S/C74H117O8P/c1-67(2,3)54-42-50(43-55(63(54)76)68(4,5)6)40-38-36-34-32-30-28-26-25-27-29-31-33-35-37-39-41-62(75)79-66-60(73(19,20)21)48-53(49-61(66)74(22,23)24)82-83(80-51-44-56(69(7,8)9)64(77)57(45-51)70(10,11)12)81-52-46-58(71(13,14)15)65(78)59(47-52)72(16,17)18/h42-49,76-78H,25-41H2,1-24H3. The van der Waals surface area contributed by atoms with Crippen molar-refractivity contribution < 1.29 is 38.4 Å². The highest BCUT2D eigenvalue weighted by Gasteiger charge is 2.35. The highest BCUT2D eigenvalue weighted by molar-refractivity contribution is 7.43. The van der Waals surface area contributed by atoms with E-state index in [1.165, 1.54) is 82.6 Å². The van der Waals surface area contributed by atoms with E-state index in [1.54, 1.807) is 0 Å². The van der Waals surface area contributed by atoms with Gasteiger partial charge in [-0.3, -0.25) is 4.79 Å². The molecule has 0 unspecified atom stereocenters. The maximum Gasteiger partial charge on any atom is 0.530 e. The van der Waals surface area contributed by atoms with Crippen LogP contribution in [0, 0.1) is 0 Å². The molecule has 8 nitrogen and oxygen atoms in total. The van der Waals surface area contributed by atoms with Crippen molar-refractivity contribution >= 4 is 14.6 Å². The number of aryl methyl sites for hydroxylation is 1. The van der Waals surface area contributed by atoms with Gasteiger partial charge in [-0.2, -0.15) is 0 Å². The summed E-state index contributed by atoms with van der Waals surface area (Å²) in [6.45, 7) is 50.7. The summed E-state index contributed by atoms with van der Waals surface area (Å²) < 4.78 is 27.2. The number of hydrogen-bond donors (Lipinski definition) is 3. The summed E-state index contributed by atoms with van der Waals surface area (Å²) >= 11 is 0. The van der Waals surface area contributed by atoms with E-state index in [1.807, 2.05) is 36.4 Å². The molecule has 0 spiro atoms. The number of phenols is 3. The highest BCUT2D eigenvalue weighted by Crippen LogP contribution is 2.52. The van der Waals surface area contributed by atoms with Crippen molar-refractivity contribution in [2.24, 2.45) is 0 Å². The fraction of sp³-hybridized carbons (Fsp3) is 0.662. The smallest absolute Gasteiger partial charge is 0.507 e. The first-order valence-corrected chi connectivity index (χ1v) is 32.9. The van der Waals surface area contributed by atoms with Crippen molar-refractivity contribution in [1.29, 1.82) is 0 Å². The predicted molar refractivity (Wildman–Crippen MR) is 352 cm³/mol. The van der Waals surface area contributed by atoms with E-state index in [-0.39, 0.29) is 28.3 Å². The second-order valence-electron chi connectivity index (χ2n) is 32.4. The Morgan fingerprint density at radius 2 is 0.542 bits per heavy atom. The molecule has 4 aromatic carbocycles. The number of carbonyl (C=O) groups excluding carboxylic acids is 1. The van der Waals surface area contributed by atoms with Gasteiger partial charge in [-0.05, 0) is 116 Å². The number of ether oxygens (including phenoxy) is 1. The number of carbonyl (C=O) groups is 1. The van der Waals surface area contributed by atoms with Crippen LogP contribution in [0.4, 0.5) is 0 Å². The number of aromatic hydroxyl groups is 3. The normalized spacial score (nSPS) is 13.2. The monoisotopic (exact) mass is 1160 g/mol. The van der Waals surface area contributed by atoms with Crippen molar-refractivity contribution in [1.82, 2.24) is 0 Å². The molecule has 9 heteroatoms. The average Bonchev–Trinajstić information content (AvgIpc) is 3.31. The lowest BCUT2D eigenvalue weighted by atomic mass is 9.78. The van der Waals surface area contributed by atoms with E-state index < -0.39 is 41.1 Å². The minimum atomic E-state index is -2.24. The van der Waals surface area contributed by atoms with Crippen LogP contribution in [0.15, 0.2) is 48.5 Å². The summed E-state index contributed by atoms with van der Waals surface area (Å²) in [5.74, 6) is 2.83. The zero-order valence-corrected chi connectivity index (χ0v) is 57.9. The van der Waals surface area contributed by atoms with Crippen LogP contribution in [0.2, 0.25) is 0 Å². The van der Waals surface area contributed by atoms with Gasteiger partial charge in [0, 0.05) is 39.8 Å². The zero-order chi connectivity index (χ0) is 62.9. The van der Waals surface area contributed by atoms with Gasteiger partial charge in [0.2, 0.25) is 0 Å². The number of benzene rings is 4. The molecule has 0 heterocycles. The maximum atomic E-state index is 13.8. The molecule has 0 saturated carbocycles. The van der Waals surface area contributed by atoms with Crippen molar-refractivity contribution in [2.75, 3.05) is 0 Å². The number of hydrogen-bond acceptors (Lipinski definition) is 8. The first-order valence-electron chi connectivity index (χ1n) is 31.8. The van der Waals surface area contributed by atoms with Gasteiger partial charge < -0.3 is 33.6 Å². The molecule has 0 atom stereocenters. The number of esters is 1. The molecule has 3 N–H and O–H groups in total. The topological polar surface area (TPSA) is 115 Å². The SMILES string of the molecule is CC(C)(C)c1cc(CCCCCCCCCCCCCCCCCC(=O)Oc2c(C(C)(C)C)cc(OP(Oc3cc(C(C)(C)C)c(O)c(C(C)(C)C)c3)Oc3cc(C(C)(C)C)c(O)c(C(C)(C)C)c3)cc2C(C)(C)C)cc(C(C)(C)C)c1O. The molecular weight excluding hydrogens is 1050 g/mol. The van der Waals surface area contributed by atoms with Crippen molar-refractivity contribution in [2.45, 2.75) is 319 Å². The Kier molecular flexibility index (Phi) is 24.3. The minimum Gasteiger partial charge on any atom is -0.507 e. The van der Waals surface area contributed by atoms with Crippen LogP contribution in [-0.2, 0) is 54.5 Å². The quantitative estimate of drug-likeness (QED) is 0.0260. The molecule has 466 valence electrons.